The minimum atomic E-state index is -0.543. The van der Waals surface area contributed by atoms with Gasteiger partial charge < -0.3 is 19.9 Å². The monoisotopic (exact) mass is 315 g/mol. The van der Waals surface area contributed by atoms with Gasteiger partial charge in [-0.15, -0.1) is 0 Å². The predicted octanol–water partition coefficient (Wildman–Crippen LogP) is 1.70. The molecule has 1 aromatic rings. The fourth-order valence-electron chi connectivity index (χ4n) is 1.82. The summed E-state index contributed by atoms with van der Waals surface area (Å²) in [5.41, 5.74) is 1.19. The van der Waals surface area contributed by atoms with E-state index in [1.807, 2.05) is 18.2 Å². The number of ether oxygens (including phenoxy) is 2. The van der Waals surface area contributed by atoms with E-state index in [0.29, 0.717) is 13.2 Å². The summed E-state index contributed by atoms with van der Waals surface area (Å²) in [6.45, 7) is 4.65. The van der Waals surface area contributed by atoms with Crippen LogP contribution in [0.3, 0.4) is 0 Å². The Bertz CT molecular complexity index is 400. The maximum atomic E-state index is 9.64. The van der Waals surface area contributed by atoms with Crippen LogP contribution in [-0.2, 0) is 11.3 Å². The van der Waals surface area contributed by atoms with Crippen molar-refractivity contribution in [2.45, 2.75) is 25.7 Å². The highest BCUT2D eigenvalue weighted by molar-refractivity contribution is 9.10. The first-order valence-corrected chi connectivity index (χ1v) is 6.91. The van der Waals surface area contributed by atoms with E-state index in [1.165, 1.54) is 5.56 Å². The first-order valence-electron chi connectivity index (χ1n) is 6.12. The number of nitrogens with one attached hydrogen (secondary N) is 1. The van der Waals surface area contributed by atoms with Gasteiger partial charge in [-0.25, -0.2) is 0 Å². The molecule has 0 bridgehead atoms. The topological polar surface area (TPSA) is 50.7 Å². The van der Waals surface area contributed by atoms with Gasteiger partial charge in [-0.05, 0) is 40.2 Å². The molecule has 0 aromatic heterocycles. The number of aliphatic hydroxyl groups is 1. The molecule has 0 saturated carbocycles. The molecular formula is C13H18BrNO3. The lowest BCUT2D eigenvalue weighted by Crippen LogP contribution is -2.29. The number of hydrogen-bond acceptors (Lipinski definition) is 4. The largest absolute Gasteiger partial charge is 0.484 e. The van der Waals surface area contributed by atoms with Crippen molar-refractivity contribution in [1.82, 2.24) is 5.32 Å². The van der Waals surface area contributed by atoms with Crippen molar-refractivity contribution in [3.8, 4) is 5.75 Å². The van der Waals surface area contributed by atoms with Gasteiger partial charge in [0.15, 0.2) is 0 Å². The summed E-state index contributed by atoms with van der Waals surface area (Å²) >= 11 is 3.49. The third-order valence-corrected chi connectivity index (χ3v) is 3.47. The Balaban J connectivity index is 2.00. The highest BCUT2D eigenvalue weighted by Gasteiger charge is 2.28. The average molecular weight is 316 g/mol. The zero-order valence-corrected chi connectivity index (χ0v) is 11.9. The molecule has 1 aromatic carbocycles. The van der Waals surface area contributed by atoms with Crippen LogP contribution >= 0.6 is 15.9 Å². The van der Waals surface area contributed by atoms with Crippen molar-refractivity contribution in [2.75, 3.05) is 19.8 Å². The van der Waals surface area contributed by atoms with E-state index in [0.717, 1.165) is 23.3 Å². The van der Waals surface area contributed by atoms with Crippen LogP contribution in [0.5, 0.6) is 5.75 Å². The molecular weight excluding hydrogens is 298 g/mol. The van der Waals surface area contributed by atoms with Gasteiger partial charge in [-0.3, -0.25) is 0 Å². The quantitative estimate of drug-likeness (QED) is 0.868. The lowest BCUT2D eigenvalue weighted by molar-refractivity contribution is 0.0728. The summed E-state index contributed by atoms with van der Waals surface area (Å²) in [6.07, 6.45) is -0.820. The van der Waals surface area contributed by atoms with Crippen LogP contribution in [-0.4, -0.2) is 37.1 Å². The van der Waals surface area contributed by atoms with Gasteiger partial charge in [-0.1, -0.05) is 13.0 Å². The summed E-state index contributed by atoms with van der Waals surface area (Å²) in [5.74, 6) is 0.741. The van der Waals surface area contributed by atoms with Crippen LogP contribution in [0, 0.1) is 0 Å². The fourth-order valence-corrected chi connectivity index (χ4v) is 2.34. The zero-order chi connectivity index (χ0) is 13.0. The number of benzene rings is 1. The molecule has 0 radical (unpaired) electrons. The average Bonchev–Trinajstić information content (AvgIpc) is 2.75. The van der Waals surface area contributed by atoms with E-state index in [4.69, 9.17) is 9.47 Å². The van der Waals surface area contributed by atoms with Gasteiger partial charge in [0.1, 0.15) is 18.0 Å². The Kier molecular flexibility index (Phi) is 5.00. The Hall–Kier alpha value is -0.620. The number of hydrogen-bond donors (Lipinski definition) is 2. The minimum Gasteiger partial charge on any atom is -0.484 e. The van der Waals surface area contributed by atoms with Gasteiger partial charge in [0.05, 0.1) is 17.7 Å². The summed E-state index contributed by atoms with van der Waals surface area (Å²) in [6, 6.07) is 5.97. The van der Waals surface area contributed by atoms with E-state index in [9.17, 15) is 5.11 Å². The van der Waals surface area contributed by atoms with E-state index >= 15 is 0 Å². The van der Waals surface area contributed by atoms with Gasteiger partial charge in [0.2, 0.25) is 0 Å². The normalized spacial score (nSPS) is 23.3. The van der Waals surface area contributed by atoms with Crippen molar-refractivity contribution < 1.29 is 14.6 Å². The SMILES string of the molecule is CCNCc1ccc(OC2COCC2O)c(Br)c1. The summed E-state index contributed by atoms with van der Waals surface area (Å²) in [7, 11) is 0. The Morgan fingerprint density at radius 3 is 2.94 bits per heavy atom. The van der Waals surface area contributed by atoms with Crippen LogP contribution in [0.4, 0.5) is 0 Å². The third kappa shape index (κ3) is 3.45. The van der Waals surface area contributed by atoms with Crippen LogP contribution in [0.15, 0.2) is 22.7 Å². The molecule has 1 aliphatic rings. The molecule has 100 valence electrons. The van der Waals surface area contributed by atoms with Crippen molar-refractivity contribution in [1.29, 1.82) is 0 Å². The lowest BCUT2D eigenvalue weighted by atomic mass is 10.2. The van der Waals surface area contributed by atoms with Crippen LogP contribution in [0.2, 0.25) is 0 Å². The molecule has 1 heterocycles. The van der Waals surface area contributed by atoms with E-state index < -0.39 is 6.10 Å². The van der Waals surface area contributed by atoms with Crippen molar-refractivity contribution in [3.63, 3.8) is 0 Å². The molecule has 1 aliphatic heterocycles. The molecule has 0 aliphatic carbocycles. The first-order chi connectivity index (χ1) is 8.70. The molecule has 2 rings (SSSR count). The van der Waals surface area contributed by atoms with Crippen molar-refractivity contribution in [3.05, 3.63) is 28.2 Å². The molecule has 5 heteroatoms. The molecule has 18 heavy (non-hydrogen) atoms. The Morgan fingerprint density at radius 1 is 1.50 bits per heavy atom. The van der Waals surface area contributed by atoms with Gasteiger partial charge in [-0.2, -0.15) is 0 Å². The summed E-state index contributed by atoms with van der Waals surface area (Å²) in [4.78, 5) is 0. The van der Waals surface area contributed by atoms with Gasteiger partial charge in [0, 0.05) is 6.54 Å². The summed E-state index contributed by atoms with van der Waals surface area (Å²) < 4.78 is 11.8. The van der Waals surface area contributed by atoms with E-state index in [1.54, 1.807) is 0 Å². The maximum absolute atomic E-state index is 9.64. The minimum absolute atomic E-state index is 0.277. The Morgan fingerprint density at radius 2 is 2.33 bits per heavy atom. The molecule has 2 N–H and O–H groups in total. The number of halogens is 1. The van der Waals surface area contributed by atoms with Crippen LogP contribution < -0.4 is 10.1 Å². The second kappa shape index (κ2) is 6.52. The van der Waals surface area contributed by atoms with Gasteiger partial charge in [0.25, 0.3) is 0 Å². The third-order valence-electron chi connectivity index (χ3n) is 2.85. The van der Waals surface area contributed by atoms with E-state index in [2.05, 4.69) is 28.2 Å². The smallest absolute Gasteiger partial charge is 0.150 e. The maximum Gasteiger partial charge on any atom is 0.150 e. The highest BCUT2D eigenvalue weighted by atomic mass is 79.9. The molecule has 2 atom stereocenters. The Labute approximate surface area is 115 Å². The molecule has 1 saturated heterocycles. The standard InChI is InChI=1S/C13H18BrNO3/c1-2-15-6-9-3-4-12(10(14)5-9)18-13-8-17-7-11(13)16/h3-5,11,13,15-16H,2,6-8H2,1H3. The number of aliphatic hydroxyl groups excluding tert-OH is 1. The molecule has 0 spiro atoms. The number of rotatable bonds is 5. The van der Waals surface area contributed by atoms with Crippen molar-refractivity contribution >= 4 is 15.9 Å². The zero-order valence-electron chi connectivity index (χ0n) is 10.4. The highest BCUT2D eigenvalue weighted by Crippen LogP contribution is 2.28. The van der Waals surface area contributed by atoms with Crippen LogP contribution in [0.1, 0.15) is 12.5 Å². The van der Waals surface area contributed by atoms with Gasteiger partial charge >= 0.3 is 0 Å². The molecule has 0 amide bonds. The summed E-state index contributed by atoms with van der Waals surface area (Å²) in [5, 5.41) is 12.9. The first kappa shape index (κ1) is 13.8. The second-order valence-electron chi connectivity index (χ2n) is 4.31. The van der Waals surface area contributed by atoms with Crippen LogP contribution in [0.25, 0.3) is 0 Å². The lowest BCUT2D eigenvalue weighted by Gasteiger charge is -2.17. The second-order valence-corrected chi connectivity index (χ2v) is 5.16. The molecule has 4 nitrogen and oxygen atoms in total. The molecule has 1 fully saturated rings. The fraction of sp³-hybridized carbons (Fsp3) is 0.538. The van der Waals surface area contributed by atoms with Crippen molar-refractivity contribution in [2.24, 2.45) is 0 Å². The predicted molar refractivity (Wildman–Crippen MR) is 72.8 cm³/mol. The van der Waals surface area contributed by atoms with E-state index in [-0.39, 0.29) is 6.10 Å². The molecule has 2 unspecified atom stereocenters.